The molecule has 1 aliphatic carbocycles. The van der Waals surface area contributed by atoms with Gasteiger partial charge in [-0.05, 0) is 49.9 Å². The lowest BCUT2D eigenvalue weighted by Gasteiger charge is -2.30. The Kier molecular flexibility index (Phi) is 4.27. The van der Waals surface area contributed by atoms with Gasteiger partial charge in [0.2, 0.25) is 5.91 Å². The van der Waals surface area contributed by atoms with Crippen LogP contribution in [-0.4, -0.2) is 29.4 Å². The van der Waals surface area contributed by atoms with Crippen LogP contribution in [0.4, 0.5) is 0 Å². The smallest absolute Gasteiger partial charge is 0.240 e. The zero-order chi connectivity index (χ0) is 13.9. The third-order valence-electron chi connectivity index (χ3n) is 4.15. The predicted octanol–water partition coefficient (Wildman–Crippen LogP) is 2.97. The molecule has 1 atom stereocenters. The second-order valence-electron chi connectivity index (χ2n) is 5.83. The molecule has 0 unspecified atom stereocenters. The summed E-state index contributed by atoms with van der Waals surface area (Å²) in [6.45, 7) is 1.68. The van der Waals surface area contributed by atoms with Crippen LogP contribution in [0.25, 0.3) is 0 Å². The lowest BCUT2D eigenvalue weighted by atomic mass is 10.0. The normalized spacial score (nSPS) is 22.6. The van der Waals surface area contributed by atoms with E-state index in [-0.39, 0.29) is 11.9 Å². The summed E-state index contributed by atoms with van der Waals surface area (Å²) in [4.78, 5) is 14.8. The number of rotatable bonds is 4. The molecule has 3 rings (SSSR count). The molecule has 1 amide bonds. The predicted molar refractivity (Wildman–Crippen MR) is 80.7 cm³/mol. The van der Waals surface area contributed by atoms with Gasteiger partial charge < -0.3 is 10.2 Å². The van der Waals surface area contributed by atoms with Crippen LogP contribution in [0, 0.1) is 0 Å². The summed E-state index contributed by atoms with van der Waals surface area (Å²) in [6, 6.07) is 8.29. The van der Waals surface area contributed by atoms with Crippen LogP contribution in [-0.2, 0) is 11.3 Å². The van der Waals surface area contributed by atoms with E-state index < -0.39 is 0 Å². The van der Waals surface area contributed by atoms with Crippen molar-refractivity contribution >= 4 is 17.5 Å². The third-order valence-corrected chi connectivity index (χ3v) is 4.40. The highest BCUT2D eigenvalue weighted by molar-refractivity contribution is 6.30. The number of benzene rings is 1. The van der Waals surface area contributed by atoms with Gasteiger partial charge in [-0.2, -0.15) is 0 Å². The van der Waals surface area contributed by atoms with Crippen molar-refractivity contribution in [1.29, 1.82) is 0 Å². The first kappa shape index (κ1) is 13.9. The van der Waals surface area contributed by atoms with Gasteiger partial charge >= 0.3 is 0 Å². The Balaban J connectivity index is 1.68. The first-order chi connectivity index (χ1) is 9.74. The zero-order valence-electron chi connectivity index (χ0n) is 11.6. The van der Waals surface area contributed by atoms with E-state index in [1.54, 1.807) is 0 Å². The molecule has 1 N–H and O–H groups in total. The van der Waals surface area contributed by atoms with Crippen molar-refractivity contribution in [2.45, 2.75) is 50.7 Å². The fourth-order valence-corrected chi connectivity index (χ4v) is 2.95. The van der Waals surface area contributed by atoms with Gasteiger partial charge in [-0.15, -0.1) is 0 Å². The average molecular weight is 293 g/mol. The molecule has 1 saturated carbocycles. The van der Waals surface area contributed by atoms with Gasteiger partial charge in [-0.1, -0.05) is 30.2 Å². The number of halogens is 1. The highest BCUT2D eigenvalue weighted by Crippen LogP contribution is 2.30. The maximum atomic E-state index is 12.7. The van der Waals surface area contributed by atoms with Crippen LogP contribution in [0.2, 0.25) is 5.02 Å². The molecule has 0 aromatic heterocycles. The van der Waals surface area contributed by atoms with E-state index in [0.717, 1.165) is 42.8 Å². The second-order valence-corrected chi connectivity index (χ2v) is 6.26. The molecule has 2 fully saturated rings. The van der Waals surface area contributed by atoms with Crippen molar-refractivity contribution in [3.8, 4) is 0 Å². The number of amides is 1. The average Bonchev–Trinajstić information content (AvgIpc) is 3.31. The fourth-order valence-electron chi connectivity index (χ4n) is 2.82. The molecular weight excluding hydrogens is 272 g/mol. The van der Waals surface area contributed by atoms with Gasteiger partial charge in [0.05, 0.1) is 6.04 Å². The van der Waals surface area contributed by atoms with E-state index in [2.05, 4.69) is 10.2 Å². The SMILES string of the molecule is O=C([C@H]1CCCCN1)N(Cc1ccc(Cl)cc1)C1CC1. The number of carbonyl (C=O) groups is 1. The Labute approximate surface area is 125 Å². The van der Waals surface area contributed by atoms with Crippen LogP contribution >= 0.6 is 11.6 Å². The molecular formula is C16H21ClN2O. The molecule has 1 aromatic rings. The summed E-state index contributed by atoms with van der Waals surface area (Å²) in [5, 5.41) is 4.11. The topological polar surface area (TPSA) is 32.3 Å². The Bertz CT molecular complexity index is 464. The van der Waals surface area contributed by atoms with Crippen molar-refractivity contribution in [3.05, 3.63) is 34.9 Å². The van der Waals surface area contributed by atoms with Crippen molar-refractivity contribution in [2.75, 3.05) is 6.54 Å². The first-order valence-electron chi connectivity index (χ1n) is 7.52. The van der Waals surface area contributed by atoms with Crippen LogP contribution in [0.3, 0.4) is 0 Å². The van der Waals surface area contributed by atoms with Crippen molar-refractivity contribution in [2.24, 2.45) is 0 Å². The molecule has 1 aliphatic heterocycles. The zero-order valence-corrected chi connectivity index (χ0v) is 12.4. The molecule has 108 valence electrons. The summed E-state index contributed by atoms with van der Waals surface area (Å²) < 4.78 is 0. The molecule has 0 spiro atoms. The maximum Gasteiger partial charge on any atom is 0.240 e. The fraction of sp³-hybridized carbons (Fsp3) is 0.562. The Morgan fingerprint density at radius 3 is 2.55 bits per heavy atom. The van der Waals surface area contributed by atoms with E-state index in [4.69, 9.17) is 11.6 Å². The number of carbonyl (C=O) groups excluding carboxylic acids is 1. The Hall–Kier alpha value is -1.06. The lowest BCUT2D eigenvalue weighted by Crippen LogP contribution is -2.49. The molecule has 0 bridgehead atoms. The van der Waals surface area contributed by atoms with E-state index in [1.165, 1.54) is 6.42 Å². The quantitative estimate of drug-likeness (QED) is 0.925. The van der Waals surface area contributed by atoms with E-state index in [1.807, 2.05) is 24.3 Å². The van der Waals surface area contributed by atoms with Gasteiger partial charge in [0, 0.05) is 17.6 Å². The summed E-state index contributed by atoms with van der Waals surface area (Å²) >= 11 is 5.92. The van der Waals surface area contributed by atoms with Crippen molar-refractivity contribution < 1.29 is 4.79 Å². The van der Waals surface area contributed by atoms with Gasteiger partial charge in [0.25, 0.3) is 0 Å². The summed E-state index contributed by atoms with van der Waals surface area (Å²) in [5.74, 6) is 0.280. The van der Waals surface area contributed by atoms with Crippen molar-refractivity contribution in [1.82, 2.24) is 10.2 Å². The maximum absolute atomic E-state index is 12.7. The standard InChI is InChI=1S/C16H21ClN2O/c17-13-6-4-12(5-7-13)11-19(14-8-9-14)16(20)15-3-1-2-10-18-15/h4-7,14-15,18H,1-3,8-11H2/t15-/m1/s1. The minimum atomic E-state index is 0.0247. The van der Waals surface area contributed by atoms with E-state index >= 15 is 0 Å². The molecule has 1 saturated heterocycles. The Morgan fingerprint density at radius 2 is 1.95 bits per heavy atom. The summed E-state index contributed by atoms with van der Waals surface area (Å²) in [7, 11) is 0. The first-order valence-corrected chi connectivity index (χ1v) is 7.90. The van der Waals surface area contributed by atoms with E-state index in [9.17, 15) is 4.79 Å². The lowest BCUT2D eigenvalue weighted by molar-refractivity contribution is -0.135. The third kappa shape index (κ3) is 3.33. The summed E-state index contributed by atoms with van der Waals surface area (Å²) in [6.07, 6.45) is 5.61. The number of hydrogen-bond donors (Lipinski definition) is 1. The Morgan fingerprint density at radius 1 is 1.20 bits per heavy atom. The molecule has 0 radical (unpaired) electrons. The van der Waals surface area contributed by atoms with Gasteiger partial charge in [0.1, 0.15) is 0 Å². The largest absolute Gasteiger partial charge is 0.334 e. The molecule has 4 heteroatoms. The van der Waals surface area contributed by atoms with Crippen LogP contribution < -0.4 is 5.32 Å². The number of piperidine rings is 1. The van der Waals surface area contributed by atoms with Crippen LogP contribution in [0.5, 0.6) is 0 Å². The number of hydrogen-bond acceptors (Lipinski definition) is 2. The highest BCUT2D eigenvalue weighted by Gasteiger charge is 2.36. The van der Waals surface area contributed by atoms with E-state index in [0.29, 0.717) is 12.6 Å². The van der Waals surface area contributed by atoms with Crippen LogP contribution in [0.15, 0.2) is 24.3 Å². The minimum absolute atomic E-state index is 0.0247. The van der Waals surface area contributed by atoms with Gasteiger partial charge in [0.15, 0.2) is 0 Å². The molecule has 20 heavy (non-hydrogen) atoms. The molecule has 2 aliphatic rings. The molecule has 3 nitrogen and oxygen atoms in total. The monoisotopic (exact) mass is 292 g/mol. The number of nitrogens with one attached hydrogen (secondary N) is 1. The van der Waals surface area contributed by atoms with Gasteiger partial charge in [-0.3, -0.25) is 4.79 Å². The number of nitrogens with zero attached hydrogens (tertiary/aromatic N) is 1. The van der Waals surface area contributed by atoms with Gasteiger partial charge in [-0.25, -0.2) is 0 Å². The minimum Gasteiger partial charge on any atom is -0.334 e. The molecule has 1 heterocycles. The molecule has 1 aromatic carbocycles. The second kappa shape index (κ2) is 6.15. The highest BCUT2D eigenvalue weighted by atomic mass is 35.5. The van der Waals surface area contributed by atoms with Crippen molar-refractivity contribution in [3.63, 3.8) is 0 Å². The van der Waals surface area contributed by atoms with Crippen LogP contribution in [0.1, 0.15) is 37.7 Å². The summed E-state index contributed by atoms with van der Waals surface area (Å²) in [5.41, 5.74) is 1.16.